The van der Waals surface area contributed by atoms with E-state index in [0.717, 1.165) is 24.0 Å². The molecular weight excluding hydrogens is 330 g/mol. The van der Waals surface area contributed by atoms with Crippen LogP contribution in [0, 0.1) is 18.6 Å². The van der Waals surface area contributed by atoms with Gasteiger partial charge in [0.05, 0.1) is 5.69 Å². The van der Waals surface area contributed by atoms with Crippen LogP contribution in [0.3, 0.4) is 0 Å². The van der Waals surface area contributed by atoms with E-state index in [1.807, 2.05) is 19.0 Å². The molecule has 0 atom stereocenters. The Kier molecular flexibility index (Phi) is 6.04. The number of hydrogen-bond acceptors (Lipinski definition) is 5. The molecule has 1 aromatic carbocycles. The SMILES string of the molecule is Cc1nc(NCCNC(=O)Nc2cc(F)ccc2F)cc(N(C)C)n1. The Morgan fingerprint density at radius 3 is 2.64 bits per heavy atom. The van der Waals surface area contributed by atoms with Gasteiger partial charge in [-0.15, -0.1) is 0 Å². The van der Waals surface area contributed by atoms with Crippen LogP contribution in [0.15, 0.2) is 24.3 Å². The molecule has 3 N–H and O–H groups in total. The van der Waals surface area contributed by atoms with E-state index in [0.29, 0.717) is 18.2 Å². The highest BCUT2D eigenvalue weighted by molar-refractivity contribution is 5.89. The molecule has 0 unspecified atom stereocenters. The molecule has 2 aromatic rings. The second-order valence-corrected chi connectivity index (χ2v) is 5.48. The van der Waals surface area contributed by atoms with Gasteiger partial charge >= 0.3 is 6.03 Å². The number of carbonyl (C=O) groups excluding carboxylic acids is 1. The lowest BCUT2D eigenvalue weighted by atomic mass is 10.3. The molecule has 0 aliphatic heterocycles. The van der Waals surface area contributed by atoms with Gasteiger partial charge in [0.2, 0.25) is 0 Å². The first-order chi connectivity index (χ1) is 11.8. The summed E-state index contributed by atoms with van der Waals surface area (Å²) in [7, 11) is 3.76. The molecule has 1 heterocycles. The lowest BCUT2D eigenvalue weighted by Crippen LogP contribution is -2.33. The van der Waals surface area contributed by atoms with E-state index < -0.39 is 17.7 Å². The van der Waals surface area contributed by atoms with Gasteiger partial charge in [0.25, 0.3) is 0 Å². The van der Waals surface area contributed by atoms with Crippen molar-refractivity contribution in [3.63, 3.8) is 0 Å². The number of benzene rings is 1. The quantitative estimate of drug-likeness (QED) is 0.697. The standard InChI is InChI=1S/C16H20F2N6O/c1-10-21-14(9-15(22-10)24(2)3)19-6-7-20-16(25)23-13-8-11(17)4-5-12(13)18/h4-5,8-9H,6-7H2,1-3H3,(H,19,21,22)(H2,20,23,25). The average Bonchev–Trinajstić information content (AvgIpc) is 2.54. The van der Waals surface area contributed by atoms with Crippen molar-refractivity contribution in [1.29, 1.82) is 0 Å². The first-order valence-electron chi connectivity index (χ1n) is 7.62. The van der Waals surface area contributed by atoms with E-state index in [4.69, 9.17) is 0 Å². The third-order valence-electron chi connectivity index (χ3n) is 3.18. The number of rotatable bonds is 6. The van der Waals surface area contributed by atoms with Gasteiger partial charge in [0.15, 0.2) is 0 Å². The van der Waals surface area contributed by atoms with Crippen molar-refractivity contribution in [3.05, 3.63) is 41.7 Å². The molecule has 0 saturated heterocycles. The Morgan fingerprint density at radius 1 is 1.16 bits per heavy atom. The number of carbonyl (C=O) groups is 1. The van der Waals surface area contributed by atoms with Gasteiger partial charge in [-0.1, -0.05) is 0 Å². The fourth-order valence-corrected chi connectivity index (χ4v) is 2.00. The van der Waals surface area contributed by atoms with E-state index in [2.05, 4.69) is 25.9 Å². The summed E-state index contributed by atoms with van der Waals surface area (Å²) >= 11 is 0. The number of aromatic nitrogens is 2. The molecule has 134 valence electrons. The summed E-state index contributed by atoms with van der Waals surface area (Å²) in [5, 5.41) is 7.87. The van der Waals surface area contributed by atoms with Crippen LogP contribution in [0.4, 0.5) is 30.9 Å². The first kappa shape index (κ1) is 18.4. The van der Waals surface area contributed by atoms with Crippen molar-refractivity contribution >= 4 is 23.4 Å². The molecule has 0 bridgehead atoms. The Hall–Kier alpha value is -2.97. The van der Waals surface area contributed by atoms with Crippen molar-refractivity contribution in [2.75, 3.05) is 42.7 Å². The van der Waals surface area contributed by atoms with E-state index in [-0.39, 0.29) is 12.2 Å². The summed E-state index contributed by atoms with van der Waals surface area (Å²) in [5.74, 6) is 0.689. The minimum atomic E-state index is -0.706. The summed E-state index contributed by atoms with van der Waals surface area (Å²) in [6.45, 7) is 2.46. The third-order valence-corrected chi connectivity index (χ3v) is 3.18. The smallest absolute Gasteiger partial charge is 0.319 e. The summed E-state index contributed by atoms with van der Waals surface area (Å²) in [6, 6.07) is 4.01. The molecule has 7 nitrogen and oxygen atoms in total. The number of halogens is 2. The van der Waals surface area contributed by atoms with Gasteiger partial charge in [-0.2, -0.15) is 0 Å². The van der Waals surface area contributed by atoms with Gasteiger partial charge in [0, 0.05) is 39.3 Å². The minimum absolute atomic E-state index is 0.215. The number of anilines is 3. The molecule has 0 spiro atoms. The Bertz CT molecular complexity index is 753. The fourth-order valence-electron chi connectivity index (χ4n) is 2.00. The van der Waals surface area contributed by atoms with Crippen LogP contribution >= 0.6 is 0 Å². The van der Waals surface area contributed by atoms with Crippen LogP contribution < -0.4 is 20.9 Å². The average molecular weight is 350 g/mol. The van der Waals surface area contributed by atoms with Crippen molar-refractivity contribution in [2.45, 2.75) is 6.92 Å². The molecule has 2 rings (SSSR count). The van der Waals surface area contributed by atoms with Crippen LogP contribution in [0.25, 0.3) is 0 Å². The largest absolute Gasteiger partial charge is 0.368 e. The molecule has 0 aliphatic carbocycles. The molecule has 0 saturated carbocycles. The number of nitrogens with zero attached hydrogens (tertiary/aromatic N) is 3. The zero-order valence-electron chi connectivity index (χ0n) is 14.2. The second-order valence-electron chi connectivity index (χ2n) is 5.48. The van der Waals surface area contributed by atoms with E-state index in [1.165, 1.54) is 0 Å². The zero-order valence-corrected chi connectivity index (χ0v) is 14.2. The van der Waals surface area contributed by atoms with Crippen LogP contribution in [0.5, 0.6) is 0 Å². The van der Waals surface area contributed by atoms with Gasteiger partial charge in [-0.05, 0) is 19.1 Å². The molecule has 0 radical (unpaired) electrons. The van der Waals surface area contributed by atoms with Gasteiger partial charge in [0.1, 0.15) is 29.1 Å². The third kappa shape index (κ3) is 5.55. The van der Waals surface area contributed by atoms with Crippen molar-refractivity contribution in [2.24, 2.45) is 0 Å². The highest BCUT2D eigenvalue weighted by Crippen LogP contribution is 2.15. The van der Waals surface area contributed by atoms with Crippen LogP contribution in [0.2, 0.25) is 0 Å². The van der Waals surface area contributed by atoms with Crippen molar-refractivity contribution in [1.82, 2.24) is 15.3 Å². The number of hydrogen-bond donors (Lipinski definition) is 3. The first-order valence-corrected chi connectivity index (χ1v) is 7.62. The Balaban J connectivity index is 1.81. The Morgan fingerprint density at radius 2 is 1.92 bits per heavy atom. The monoisotopic (exact) mass is 350 g/mol. The maximum absolute atomic E-state index is 13.4. The highest BCUT2D eigenvalue weighted by atomic mass is 19.1. The number of nitrogens with one attached hydrogen (secondary N) is 3. The molecule has 0 fully saturated rings. The fraction of sp³-hybridized carbons (Fsp3) is 0.312. The maximum Gasteiger partial charge on any atom is 0.319 e. The zero-order chi connectivity index (χ0) is 18.4. The number of urea groups is 1. The van der Waals surface area contributed by atoms with Gasteiger partial charge < -0.3 is 20.9 Å². The molecular formula is C16H20F2N6O. The van der Waals surface area contributed by atoms with Gasteiger partial charge in [-0.25, -0.2) is 23.5 Å². The maximum atomic E-state index is 13.4. The van der Waals surface area contributed by atoms with E-state index in [9.17, 15) is 13.6 Å². The van der Waals surface area contributed by atoms with Crippen molar-refractivity contribution < 1.29 is 13.6 Å². The van der Waals surface area contributed by atoms with Crippen molar-refractivity contribution in [3.8, 4) is 0 Å². The lowest BCUT2D eigenvalue weighted by molar-refractivity contribution is 0.252. The van der Waals surface area contributed by atoms with E-state index in [1.54, 1.807) is 13.0 Å². The van der Waals surface area contributed by atoms with E-state index >= 15 is 0 Å². The molecule has 25 heavy (non-hydrogen) atoms. The summed E-state index contributed by atoms with van der Waals surface area (Å²) in [6.07, 6.45) is 0. The summed E-state index contributed by atoms with van der Waals surface area (Å²) in [5.41, 5.74) is -0.215. The lowest BCUT2D eigenvalue weighted by Gasteiger charge is -2.14. The Labute approximate surface area is 144 Å². The normalized spacial score (nSPS) is 10.3. The van der Waals surface area contributed by atoms with Crippen LogP contribution in [-0.2, 0) is 0 Å². The van der Waals surface area contributed by atoms with Crippen LogP contribution in [0.1, 0.15) is 5.82 Å². The second kappa shape index (κ2) is 8.22. The molecule has 0 aliphatic rings. The number of aryl methyl sites for hydroxylation is 1. The summed E-state index contributed by atoms with van der Waals surface area (Å²) in [4.78, 5) is 22.1. The molecule has 2 amide bonds. The predicted molar refractivity (Wildman–Crippen MR) is 93.0 cm³/mol. The molecule has 9 heteroatoms. The van der Waals surface area contributed by atoms with Gasteiger partial charge in [-0.3, -0.25) is 0 Å². The summed E-state index contributed by atoms with van der Waals surface area (Å²) < 4.78 is 26.5. The molecule has 1 aromatic heterocycles. The van der Waals surface area contributed by atoms with Crippen LogP contribution in [-0.4, -0.2) is 43.2 Å². The predicted octanol–water partition coefficient (Wildman–Crippen LogP) is 2.36. The topological polar surface area (TPSA) is 82.2 Å². The number of amides is 2. The highest BCUT2D eigenvalue weighted by Gasteiger charge is 2.08. The minimum Gasteiger partial charge on any atom is -0.368 e.